The van der Waals surface area contributed by atoms with Crippen molar-refractivity contribution in [1.29, 1.82) is 0 Å². The van der Waals surface area contributed by atoms with Gasteiger partial charge in [-0.1, -0.05) is 0 Å². The summed E-state index contributed by atoms with van der Waals surface area (Å²) in [6, 6.07) is 5.54. The highest BCUT2D eigenvalue weighted by Gasteiger charge is 2.39. The monoisotopic (exact) mass is 381 g/mol. The normalized spacial score (nSPS) is 18.2. The van der Waals surface area contributed by atoms with Crippen LogP contribution in [0.25, 0.3) is 0 Å². The summed E-state index contributed by atoms with van der Waals surface area (Å²) in [4.78, 5) is 16.6. The number of anilines is 1. The fraction of sp³-hybridized carbons (Fsp3) is 0.375. The molecule has 9 heteroatoms. The first-order chi connectivity index (χ1) is 12.0. The summed E-state index contributed by atoms with van der Waals surface area (Å²) < 4.78 is 32.4. The minimum Gasteiger partial charge on any atom is -0.494 e. The van der Waals surface area contributed by atoms with Gasteiger partial charge in [-0.15, -0.1) is 11.3 Å². The molecular formula is C16H19N3O4S2. The van der Waals surface area contributed by atoms with Gasteiger partial charge in [0.1, 0.15) is 11.8 Å². The largest absolute Gasteiger partial charge is 0.494 e. The van der Waals surface area contributed by atoms with E-state index in [9.17, 15) is 13.2 Å². The number of rotatable bonds is 6. The summed E-state index contributed by atoms with van der Waals surface area (Å²) in [5.74, 6) is 0.267. The molecule has 0 unspecified atom stereocenters. The summed E-state index contributed by atoms with van der Waals surface area (Å²) >= 11 is 1.30. The summed E-state index contributed by atoms with van der Waals surface area (Å²) in [7, 11) is -3.74. The molecular weight excluding hydrogens is 362 g/mol. The maximum absolute atomic E-state index is 12.9. The van der Waals surface area contributed by atoms with Crippen molar-refractivity contribution in [1.82, 2.24) is 9.29 Å². The molecule has 7 nitrogen and oxygen atoms in total. The second kappa shape index (κ2) is 7.51. The molecule has 0 bridgehead atoms. The highest BCUT2D eigenvalue weighted by atomic mass is 32.2. The molecule has 1 aromatic heterocycles. The van der Waals surface area contributed by atoms with E-state index >= 15 is 0 Å². The molecule has 1 aliphatic heterocycles. The first kappa shape index (κ1) is 17.8. The van der Waals surface area contributed by atoms with Gasteiger partial charge in [0.15, 0.2) is 5.13 Å². The van der Waals surface area contributed by atoms with Gasteiger partial charge in [0.2, 0.25) is 15.9 Å². The van der Waals surface area contributed by atoms with Crippen LogP contribution in [-0.2, 0) is 14.8 Å². The van der Waals surface area contributed by atoms with Gasteiger partial charge in [-0.05, 0) is 44.0 Å². The molecule has 3 rings (SSSR count). The molecule has 1 aromatic carbocycles. The van der Waals surface area contributed by atoms with Gasteiger partial charge in [-0.2, -0.15) is 4.31 Å². The Morgan fingerprint density at radius 1 is 1.40 bits per heavy atom. The van der Waals surface area contributed by atoms with E-state index in [2.05, 4.69) is 10.3 Å². The zero-order valence-electron chi connectivity index (χ0n) is 13.7. The SMILES string of the molecule is CCOc1ccc(S(=O)(=O)N2CCC[C@H]2C(=O)Nc2nccs2)cc1. The number of hydrogen-bond donors (Lipinski definition) is 1. The smallest absolute Gasteiger partial charge is 0.244 e. The van der Waals surface area contributed by atoms with Crippen molar-refractivity contribution in [2.75, 3.05) is 18.5 Å². The number of hydrogen-bond acceptors (Lipinski definition) is 6. The Bertz CT molecular complexity index is 820. The van der Waals surface area contributed by atoms with Crippen LogP contribution in [0.1, 0.15) is 19.8 Å². The molecule has 1 aliphatic rings. The van der Waals surface area contributed by atoms with E-state index in [1.165, 1.54) is 27.8 Å². The van der Waals surface area contributed by atoms with Gasteiger partial charge in [0.25, 0.3) is 0 Å². The molecule has 0 spiro atoms. The third kappa shape index (κ3) is 3.83. The quantitative estimate of drug-likeness (QED) is 0.830. The predicted octanol–water partition coefficient (Wildman–Crippen LogP) is 2.33. The van der Waals surface area contributed by atoms with Gasteiger partial charge < -0.3 is 10.1 Å². The van der Waals surface area contributed by atoms with E-state index in [0.29, 0.717) is 36.9 Å². The van der Waals surface area contributed by atoms with Gasteiger partial charge in [0, 0.05) is 18.1 Å². The lowest BCUT2D eigenvalue weighted by atomic mass is 10.2. The Morgan fingerprint density at radius 3 is 2.80 bits per heavy atom. The van der Waals surface area contributed by atoms with E-state index in [1.807, 2.05) is 6.92 Å². The van der Waals surface area contributed by atoms with E-state index in [4.69, 9.17) is 4.74 Å². The molecule has 1 amide bonds. The fourth-order valence-corrected chi connectivity index (χ4v) is 4.96. The lowest BCUT2D eigenvalue weighted by Gasteiger charge is -2.23. The summed E-state index contributed by atoms with van der Waals surface area (Å²) in [6.07, 6.45) is 2.73. The van der Waals surface area contributed by atoms with Crippen molar-refractivity contribution in [2.45, 2.75) is 30.7 Å². The van der Waals surface area contributed by atoms with Crippen LogP contribution in [0.15, 0.2) is 40.7 Å². The van der Waals surface area contributed by atoms with Crippen LogP contribution in [0.5, 0.6) is 5.75 Å². The minimum absolute atomic E-state index is 0.157. The second-order valence-corrected chi connectivity index (χ2v) is 8.29. The second-order valence-electron chi connectivity index (χ2n) is 5.50. The third-order valence-corrected chi connectivity index (χ3v) is 6.52. The molecule has 0 radical (unpaired) electrons. The number of aromatic nitrogens is 1. The standard InChI is InChI=1S/C16H19N3O4S2/c1-2-23-12-5-7-13(8-6-12)25(21,22)19-10-3-4-14(19)15(20)18-16-17-9-11-24-16/h5-9,11,14H,2-4,10H2,1H3,(H,17,18,20)/t14-/m0/s1. The zero-order chi connectivity index (χ0) is 17.9. The Labute approximate surface area is 150 Å². The van der Waals surface area contributed by atoms with E-state index in [-0.39, 0.29) is 10.8 Å². The lowest BCUT2D eigenvalue weighted by molar-refractivity contribution is -0.119. The van der Waals surface area contributed by atoms with Crippen molar-refractivity contribution in [3.05, 3.63) is 35.8 Å². The molecule has 25 heavy (non-hydrogen) atoms. The van der Waals surface area contributed by atoms with Crippen molar-refractivity contribution in [3.8, 4) is 5.75 Å². The van der Waals surface area contributed by atoms with Crippen molar-refractivity contribution >= 4 is 32.4 Å². The molecule has 1 N–H and O–H groups in total. The number of nitrogens with one attached hydrogen (secondary N) is 1. The maximum Gasteiger partial charge on any atom is 0.244 e. The van der Waals surface area contributed by atoms with Crippen molar-refractivity contribution < 1.29 is 17.9 Å². The van der Waals surface area contributed by atoms with Crippen LogP contribution in [0.3, 0.4) is 0 Å². The van der Waals surface area contributed by atoms with Crippen LogP contribution in [-0.4, -0.2) is 42.8 Å². The van der Waals surface area contributed by atoms with Gasteiger partial charge >= 0.3 is 0 Å². The number of nitrogens with zero attached hydrogens (tertiary/aromatic N) is 2. The molecule has 1 atom stereocenters. The fourth-order valence-electron chi connectivity index (χ4n) is 2.77. The van der Waals surface area contributed by atoms with Gasteiger partial charge in [-0.3, -0.25) is 4.79 Å². The van der Waals surface area contributed by atoms with Gasteiger partial charge in [-0.25, -0.2) is 13.4 Å². The average molecular weight is 381 g/mol. The van der Waals surface area contributed by atoms with Gasteiger partial charge in [0.05, 0.1) is 11.5 Å². The first-order valence-electron chi connectivity index (χ1n) is 7.97. The Hall–Kier alpha value is -1.97. The Morgan fingerprint density at radius 2 is 2.16 bits per heavy atom. The molecule has 1 fully saturated rings. The van der Waals surface area contributed by atoms with Crippen molar-refractivity contribution in [3.63, 3.8) is 0 Å². The Balaban J connectivity index is 1.79. The topological polar surface area (TPSA) is 88.6 Å². The van der Waals surface area contributed by atoms with Crippen LogP contribution in [0.2, 0.25) is 0 Å². The molecule has 1 saturated heterocycles. The molecule has 134 valence electrons. The number of thiazole rings is 1. The van der Waals surface area contributed by atoms with Crippen molar-refractivity contribution in [2.24, 2.45) is 0 Å². The maximum atomic E-state index is 12.9. The molecule has 0 aliphatic carbocycles. The van der Waals surface area contributed by atoms with Crippen LogP contribution >= 0.6 is 11.3 Å². The average Bonchev–Trinajstić information content (AvgIpc) is 3.27. The number of carbonyl (C=O) groups is 1. The van der Waals surface area contributed by atoms with E-state index < -0.39 is 16.1 Å². The number of benzene rings is 1. The summed E-state index contributed by atoms with van der Waals surface area (Å²) in [5, 5.41) is 4.90. The van der Waals surface area contributed by atoms with Crippen LogP contribution in [0.4, 0.5) is 5.13 Å². The van der Waals surface area contributed by atoms with E-state index in [0.717, 1.165) is 0 Å². The number of carbonyl (C=O) groups excluding carboxylic acids is 1. The predicted molar refractivity (Wildman–Crippen MR) is 95.3 cm³/mol. The van der Waals surface area contributed by atoms with E-state index in [1.54, 1.807) is 23.7 Å². The number of ether oxygens (including phenoxy) is 1. The van der Waals surface area contributed by atoms with Crippen LogP contribution < -0.4 is 10.1 Å². The minimum atomic E-state index is -3.74. The summed E-state index contributed by atoms with van der Waals surface area (Å²) in [6.45, 7) is 2.70. The third-order valence-electron chi connectivity index (χ3n) is 3.91. The lowest BCUT2D eigenvalue weighted by Crippen LogP contribution is -2.43. The molecule has 2 heterocycles. The highest BCUT2D eigenvalue weighted by molar-refractivity contribution is 7.89. The number of sulfonamides is 1. The first-order valence-corrected chi connectivity index (χ1v) is 10.3. The Kier molecular flexibility index (Phi) is 5.36. The molecule has 2 aromatic rings. The zero-order valence-corrected chi connectivity index (χ0v) is 15.3. The molecule has 0 saturated carbocycles. The highest BCUT2D eigenvalue weighted by Crippen LogP contribution is 2.28. The summed E-state index contributed by atoms with van der Waals surface area (Å²) in [5.41, 5.74) is 0. The van der Waals surface area contributed by atoms with Crippen LogP contribution in [0, 0.1) is 0 Å². The number of amides is 1.